The molecule has 4 nitrogen and oxygen atoms in total. The zero-order valence-electron chi connectivity index (χ0n) is 11.9. The Morgan fingerprint density at radius 2 is 2.05 bits per heavy atom. The van der Waals surface area contributed by atoms with Gasteiger partial charge in [0.05, 0.1) is 4.90 Å². The van der Waals surface area contributed by atoms with Gasteiger partial charge in [0.1, 0.15) is 0 Å². The second kappa shape index (κ2) is 5.16. The summed E-state index contributed by atoms with van der Waals surface area (Å²) in [7, 11) is -3.37. The number of hydrogen-bond donors (Lipinski definition) is 2. The molecular weight excluding hydrogens is 280 g/mol. The monoisotopic (exact) mass is 302 g/mol. The largest absolute Gasteiger partial charge is 0.310 e. The smallest absolute Gasteiger partial charge is 0.242 e. The van der Waals surface area contributed by atoms with Crippen LogP contribution in [0.5, 0.6) is 0 Å². The van der Waals surface area contributed by atoms with Gasteiger partial charge in [-0.1, -0.05) is 13.8 Å². The van der Waals surface area contributed by atoms with Gasteiger partial charge in [0.15, 0.2) is 0 Å². The molecule has 19 heavy (non-hydrogen) atoms. The van der Waals surface area contributed by atoms with Gasteiger partial charge in [-0.3, -0.25) is 0 Å². The average molecular weight is 302 g/mol. The number of rotatable bonds is 6. The lowest BCUT2D eigenvalue weighted by Crippen LogP contribution is -2.34. The molecule has 0 bridgehead atoms. The molecule has 1 aliphatic rings. The van der Waals surface area contributed by atoms with Gasteiger partial charge in [-0.25, -0.2) is 13.1 Å². The summed E-state index contributed by atoms with van der Waals surface area (Å²) >= 11 is 1.55. The van der Waals surface area contributed by atoms with E-state index >= 15 is 0 Å². The van der Waals surface area contributed by atoms with Gasteiger partial charge >= 0.3 is 0 Å². The summed E-state index contributed by atoms with van der Waals surface area (Å²) in [6, 6.07) is 2.19. The molecule has 2 N–H and O–H groups in total. The van der Waals surface area contributed by atoms with Crippen LogP contribution in [0.1, 0.15) is 43.4 Å². The van der Waals surface area contributed by atoms with Gasteiger partial charge in [0.25, 0.3) is 0 Å². The third-order valence-electron chi connectivity index (χ3n) is 3.28. The van der Waals surface area contributed by atoms with Crippen LogP contribution in [-0.2, 0) is 16.6 Å². The second-order valence-corrected chi connectivity index (χ2v) is 8.83. The number of hydrogen-bond acceptors (Lipinski definition) is 4. The summed E-state index contributed by atoms with van der Waals surface area (Å²) in [6.45, 7) is 8.69. The Kier molecular flexibility index (Phi) is 4.07. The number of thiophene rings is 1. The summed E-state index contributed by atoms with van der Waals surface area (Å²) in [6.07, 6.45) is 1.86. The standard InChI is InChI=1S/C13H22N2O2S2/c1-9(2)14-8-11-7-12(10(3)18-11)19(16,17)15-13(4)5-6-13/h7,9,14-15H,5-6,8H2,1-4H3. The van der Waals surface area contributed by atoms with E-state index in [2.05, 4.69) is 23.9 Å². The van der Waals surface area contributed by atoms with Crippen LogP contribution >= 0.6 is 11.3 Å². The summed E-state index contributed by atoms with van der Waals surface area (Å²) in [4.78, 5) is 2.36. The molecule has 2 rings (SSSR count). The Balaban J connectivity index is 2.15. The Hall–Kier alpha value is -0.430. The van der Waals surface area contributed by atoms with E-state index in [0.29, 0.717) is 10.9 Å². The zero-order valence-corrected chi connectivity index (χ0v) is 13.5. The maximum atomic E-state index is 12.3. The Labute approximate surface area is 119 Å². The molecule has 6 heteroatoms. The molecule has 1 saturated carbocycles. The summed E-state index contributed by atoms with van der Waals surface area (Å²) in [5.74, 6) is 0. The number of aryl methyl sites for hydroxylation is 1. The third kappa shape index (κ3) is 3.78. The van der Waals surface area contributed by atoms with E-state index in [1.165, 1.54) is 0 Å². The highest BCUT2D eigenvalue weighted by Crippen LogP contribution is 2.37. The van der Waals surface area contributed by atoms with Crippen molar-refractivity contribution in [2.24, 2.45) is 0 Å². The molecule has 108 valence electrons. The summed E-state index contributed by atoms with van der Waals surface area (Å²) in [5.41, 5.74) is -0.219. The van der Waals surface area contributed by atoms with E-state index in [0.717, 1.165) is 29.1 Å². The van der Waals surface area contributed by atoms with Crippen LogP contribution in [0.2, 0.25) is 0 Å². The highest BCUT2D eigenvalue weighted by atomic mass is 32.2. The molecule has 0 spiro atoms. The molecule has 0 radical (unpaired) electrons. The van der Waals surface area contributed by atoms with Crippen molar-refractivity contribution in [2.45, 2.75) is 63.6 Å². The highest BCUT2D eigenvalue weighted by molar-refractivity contribution is 7.89. The minimum absolute atomic E-state index is 0.219. The molecule has 0 atom stereocenters. The Morgan fingerprint density at radius 1 is 1.42 bits per heavy atom. The van der Waals surface area contributed by atoms with Gasteiger partial charge in [0.2, 0.25) is 10.0 Å². The van der Waals surface area contributed by atoms with Gasteiger partial charge < -0.3 is 5.32 Å². The van der Waals surface area contributed by atoms with Crippen LogP contribution in [0.3, 0.4) is 0 Å². The molecule has 0 unspecified atom stereocenters. The van der Waals surface area contributed by atoms with Crippen molar-refractivity contribution in [3.63, 3.8) is 0 Å². The van der Waals surface area contributed by atoms with Crippen molar-refractivity contribution in [1.82, 2.24) is 10.0 Å². The first-order valence-electron chi connectivity index (χ1n) is 6.58. The predicted octanol–water partition coefficient (Wildman–Crippen LogP) is 2.39. The lowest BCUT2D eigenvalue weighted by molar-refractivity contribution is 0.557. The van der Waals surface area contributed by atoms with Crippen molar-refractivity contribution in [3.8, 4) is 0 Å². The van der Waals surface area contributed by atoms with E-state index in [1.54, 1.807) is 17.4 Å². The fraction of sp³-hybridized carbons (Fsp3) is 0.692. The lowest BCUT2D eigenvalue weighted by atomic mass is 10.3. The molecule has 1 aromatic heterocycles. The fourth-order valence-electron chi connectivity index (χ4n) is 1.85. The molecule has 0 aromatic carbocycles. The minimum atomic E-state index is -3.37. The van der Waals surface area contributed by atoms with Gasteiger partial charge in [-0.2, -0.15) is 0 Å². The van der Waals surface area contributed by atoms with Crippen molar-refractivity contribution in [3.05, 3.63) is 15.8 Å². The topological polar surface area (TPSA) is 58.2 Å². The van der Waals surface area contributed by atoms with Crippen LogP contribution in [0.15, 0.2) is 11.0 Å². The van der Waals surface area contributed by atoms with E-state index in [-0.39, 0.29) is 5.54 Å². The van der Waals surface area contributed by atoms with Crippen molar-refractivity contribution in [1.29, 1.82) is 0 Å². The molecule has 1 heterocycles. The van der Waals surface area contributed by atoms with Crippen LogP contribution in [0.25, 0.3) is 0 Å². The molecule has 0 saturated heterocycles. The second-order valence-electron chi connectivity index (χ2n) is 5.83. The zero-order chi connectivity index (χ0) is 14.3. The molecular formula is C13H22N2O2S2. The van der Waals surface area contributed by atoms with Crippen molar-refractivity contribution < 1.29 is 8.42 Å². The lowest BCUT2D eigenvalue weighted by Gasteiger charge is -2.11. The van der Waals surface area contributed by atoms with Crippen LogP contribution < -0.4 is 10.0 Å². The van der Waals surface area contributed by atoms with Gasteiger partial charge in [-0.15, -0.1) is 11.3 Å². The quantitative estimate of drug-likeness (QED) is 0.848. The highest BCUT2D eigenvalue weighted by Gasteiger charge is 2.41. The van der Waals surface area contributed by atoms with Crippen LogP contribution in [0, 0.1) is 6.92 Å². The predicted molar refractivity (Wildman–Crippen MR) is 79.0 cm³/mol. The average Bonchev–Trinajstić information content (AvgIpc) is 2.85. The first-order chi connectivity index (χ1) is 8.72. The van der Waals surface area contributed by atoms with E-state index in [1.807, 2.05) is 13.8 Å². The summed E-state index contributed by atoms with van der Waals surface area (Å²) in [5, 5.41) is 3.31. The maximum absolute atomic E-state index is 12.3. The van der Waals surface area contributed by atoms with Gasteiger partial charge in [0, 0.05) is 27.9 Å². The molecule has 1 fully saturated rings. The molecule has 1 aromatic rings. The van der Waals surface area contributed by atoms with Crippen molar-refractivity contribution >= 4 is 21.4 Å². The van der Waals surface area contributed by atoms with E-state index in [4.69, 9.17) is 0 Å². The maximum Gasteiger partial charge on any atom is 0.242 e. The van der Waals surface area contributed by atoms with Gasteiger partial charge in [-0.05, 0) is 32.8 Å². The first-order valence-corrected chi connectivity index (χ1v) is 8.88. The van der Waals surface area contributed by atoms with E-state index < -0.39 is 10.0 Å². The number of nitrogens with one attached hydrogen (secondary N) is 2. The number of sulfonamides is 1. The first kappa shape index (κ1) is 15.0. The molecule has 0 aliphatic heterocycles. The normalized spacial score (nSPS) is 17.9. The van der Waals surface area contributed by atoms with E-state index in [9.17, 15) is 8.42 Å². The molecule has 1 aliphatic carbocycles. The minimum Gasteiger partial charge on any atom is -0.310 e. The Morgan fingerprint density at radius 3 is 2.58 bits per heavy atom. The third-order valence-corrected chi connectivity index (χ3v) is 6.22. The fourth-order valence-corrected chi connectivity index (χ4v) is 4.90. The SMILES string of the molecule is Cc1sc(CNC(C)C)cc1S(=O)(=O)NC1(C)CC1. The van der Waals surface area contributed by atoms with Crippen LogP contribution in [0.4, 0.5) is 0 Å². The van der Waals surface area contributed by atoms with Crippen LogP contribution in [-0.4, -0.2) is 20.0 Å². The Bertz CT molecular complexity index is 557. The molecule has 0 amide bonds. The summed E-state index contributed by atoms with van der Waals surface area (Å²) < 4.78 is 27.5. The van der Waals surface area contributed by atoms with Crippen molar-refractivity contribution in [2.75, 3.05) is 0 Å².